The third-order valence-corrected chi connectivity index (χ3v) is 4.86. The number of benzene rings is 2. The van der Waals surface area contributed by atoms with Gasteiger partial charge in [0.05, 0.1) is 10.5 Å². The van der Waals surface area contributed by atoms with E-state index in [4.69, 9.17) is 16.7 Å². The first-order valence-corrected chi connectivity index (χ1v) is 8.26. The van der Waals surface area contributed by atoms with Gasteiger partial charge in [-0.2, -0.15) is 0 Å². The quantitative estimate of drug-likeness (QED) is 0.835. The zero-order valence-corrected chi connectivity index (χ0v) is 13.5. The number of nitrogens with one attached hydrogen (secondary N) is 1. The maximum Gasteiger partial charge on any atom is 0.336 e. The van der Waals surface area contributed by atoms with Crippen molar-refractivity contribution < 1.29 is 18.3 Å². The summed E-state index contributed by atoms with van der Waals surface area (Å²) in [5.74, 6) is -1.16. The van der Waals surface area contributed by atoms with Crippen molar-refractivity contribution >= 4 is 49.2 Å². The summed E-state index contributed by atoms with van der Waals surface area (Å²) < 4.78 is 27.1. The first-order valence-electron chi connectivity index (χ1n) is 5.61. The minimum absolute atomic E-state index is 0.00482. The number of rotatable bonds is 4. The topological polar surface area (TPSA) is 83.5 Å². The molecule has 110 valence electrons. The number of anilines is 1. The predicted molar refractivity (Wildman–Crippen MR) is 83.4 cm³/mol. The van der Waals surface area contributed by atoms with Gasteiger partial charge in [-0.15, -0.1) is 0 Å². The van der Waals surface area contributed by atoms with Gasteiger partial charge in [0.1, 0.15) is 0 Å². The van der Waals surface area contributed by atoms with Crippen molar-refractivity contribution in [3.63, 3.8) is 0 Å². The Hall–Kier alpha value is -1.57. The summed E-state index contributed by atoms with van der Waals surface area (Å²) in [6.45, 7) is 0. The molecular weight excluding hydrogens is 382 g/mol. The Morgan fingerprint density at radius 2 is 1.90 bits per heavy atom. The largest absolute Gasteiger partial charge is 0.478 e. The van der Waals surface area contributed by atoms with Crippen molar-refractivity contribution in [2.45, 2.75) is 4.90 Å². The standard InChI is InChI=1S/C13H9BrClNO4S/c14-12-5-4-9(7-11(12)13(17)18)16-21(19,20)10-3-1-2-8(15)6-10/h1-7,16H,(H,17,18). The molecule has 21 heavy (non-hydrogen) atoms. The molecule has 0 heterocycles. The van der Waals surface area contributed by atoms with Crippen LogP contribution in [0, 0.1) is 0 Å². The van der Waals surface area contributed by atoms with E-state index in [1.54, 1.807) is 6.07 Å². The number of carboxylic acid groups (broad SMARTS) is 1. The van der Waals surface area contributed by atoms with Crippen molar-refractivity contribution in [3.8, 4) is 0 Å². The first-order chi connectivity index (χ1) is 9.79. The molecule has 0 aliphatic rings. The zero-order valence-electron chi connectivity index (χ0n) is 10.4. The number of hydrogen-bond acceptors (Lipinski definition) is 3. The second-order valence-electron chi connectivity index (χ2n) is 4.06. The van der Waals surface area contributed by atoms with Gasteiger partial charge in [-0.05, 0) is 52.3 Å². The van der Waals surface area contributed by atoms with Crippen molar-refractivity contribution in [2.24, 2.45) is 0 Å². The molecule has 8 heteroatoms. The van der Waals surface area contributed by atoms with Crippen LogP contribution in [0.1, 0.15) is 10.4 Å². The number of sulfonamides is 1. The molecule has 0 amide bonds. The van der Waals surface area contributed by atoms with Crippen molar-refractivity contribution in [1.29, 1.82) is 0 Å². The fourth-order valence-corrected chi connectivity index (χ4v) is 3.37. The third kappa shape index (κ3) is 3.75. The zero-order chi connectivity index (χ0) is 15.6. The number of hydrogen-bond donors (Lipinski definition) is 2. The number of carboxylic acids is 1. The van der Waals surface area contributed by atoms with E-state index in [9.17, 15) is 13.2 Å². The van der Waals surface area contributed by atoms with Crippen molar-refractivity contribution in [3.05, 3.63) is 57.5 Å². The molecule has 0 aliphatic heterocycles. The van der Waals surface area contributed by atoms with Gasteiger partial charge in [0.15, 0.2) is 0 Å². The molecule has 2 N–H and O–H groups in total. The van der Waals surface area contributed by atoms with E-state index in [0.717, 1.165) is 0 Å². The van der Waals surface area contributed by atoms with Gasteiger partial charge in [-0.1, -0.05) is 17.7 Å². The minimum atomic E-state index is -3.83. The summed E-state index contributed by atoms with van der Waals surface area (Å²) in [6.07, 6.45) is 0. The van der Waals surface area contributed by atoms with E-state index < -0.39 is 16.0 Å². The second-order valence-corrected chi connectivity index (χ2v) is 7.04. The van der Waals surface area contributed by atoms with Crippen LogP contribution >= 0.6 is 27.5 Å². The Morgan fingerprint density at radius 3 is 2.52 bits per heavy atom. The molecule has 0 fully saturated rings. The van der Waals surface area contributed by atoms with Crippen LogP contribution in [0.15, 0.2) is 51.8 Å². The summed E-state index contributed by atoms with van der Waals surface area (Å²) in [6, 6.07) is 9.92. The third-order valence-electron chi connectivity index (χ3n) is 2.56. The predicted octanol–water partition coefficient (Wildman–Crippen LogP) is 3.60. The Kier molecular flexibility index (Phi) is 4.55. The van der Waals surface area contributed by atoms with E-state index >= 15 is 0 Å². The van der Waals surface area contributed by atoms with Crippen LogP contribution in [0.5, 0.6) is 0 Å². The van der Waals surface area contributed by atoms with Gasteiger partial charge in [0.2, 0.25) is 0 Å². The fraction of sp³-hybridized carbons (Fsp3) is 0. The molecule has 0 unspecified atom stereocenters. The molecule has 2 rings (SSSR count). The average Bonchev–Trinajstić information content (AvgIpc) is 2.40. The SMILES string of the molecule is O=C(O)c1cc(NS(=O)(=O)c2cccc(Cl)c2)ccc1Br. The van der Waals surface area contributed by atoms with Gasteiger partial charge in [-0.3, -0.25) is 4.72 Å². The molecule has 0 atom stereocenters. The smallest absolute Gasteiger partial charge is 0.336 e. The van der Waals surface area contributed by atoms with Crippen LogP contribution in [0.3, 0.4) is 0 Å². The Bertz CT molecular complexity index is 808. The molecule has 0 saturated carbocycles. The minimum Gasteiger partial charge on any atom is -0.478 e. The molecule has 0 spiro atoms. The molecule has 0 saturated heterocycles. The Labute approximate surface area is 134 Å². The van der Waals surface area contributed by atoms with E-state index in [1.807, 2.05) is 0 Å². The van der Waals surface area contributed by atoms with E-state index in [-0.39, 0.29) is 16.1 Å². The monoisotopic (exact) mass is 389 g/mol. The van der Waals surface area contributed by atoms with Crippen LogP contribution in [0.25, 0.3) is 0 Å². The summed E-state index contributed by atoms with van der Waals surface area (Å²) in [5, 5.41) is 9.31. The maximum absolute atomic E-state index is 12.2. The van der Waals surface area contributed by atoms with Gasteiger partial charge < -0.3 is 5.11 Å². The molecule has 0 radical (unpaired) electrons. The highest BCUT2D eigenvalue weighted by Gasteiger charge is 2.16. The number of carbonyl (C=O) groups is 1. The molecular formula is C13H9BrClNO4S. The highest BCUT2D eigenvalue weighted by Crippen LogP contribution is 2.24. The van der Waals surface area contributed by atoms with Crippen LogP contribution in [-0.4, -0.2) is 19.5 Å². The molecule has 5 nitrogen and oxygen atoms in total. The molecule has 2 aromatic rings. The molecule has 0 bridgehead atoms. The van der Waals surface area contributed by atoms with Crippen LogP contribution in [0.2, 0.25) is 5.02 Å². The lowest BCUT2D eigenvalue weighted by Crippen LogP contribution is -2.13. The van der Waals surface area contributed by atoms with E-state index in [1.165, 1.54) is 36.4 Å². The first kappa shape index (κ1) is 15.8. The van der Waals surface area contributed by atoms with E-state index in [2.05, 4.69) is 20.7 Å². The van der Waals surface area contributed by atoms with Gasteiger partial charge in [-0.25, -0.2) is 13.2 Å². The summed E-state index contributed by atoms with van der Waals surface area (Å²) >= 11 is 8.85. The average molecular weight is 391 g/mol. The number of aromatic carboxylic acids is 1. The van der Waals surface area contributed by atoms with Gasteiger partial charge >= 0.3 is 5.97 Å². The number of halogens is 2. The van der Waals surface area contributed by atoms with Crippen molar-refractivity contribution in [1.82, 2.24) is 0 Å². The van der Waals surface area contributed by atoms with Gasteiger partial charge in [0, 0.05) is 15.2 Å². The Morgan fingerprint density at radius 1 is 1.19 bits per heavy atom. The van der Waals surface area contributed by atoms with Crippen LogP contribution in [0.4, 0.5) is 5.69 Å². The molecule has 0 aromatic heterocycles. The molecule has 0 aliphatic carbocycles. The lowest BCUT2D eigenvalue weighted by atomic mass is 10.2. The fourth-order valence-electron chi connectivity index (χ4n) is 1.60. The highest BCUT2D eigenvalue weighted by atomic mass is 79.9. The van der Waals surface area contributed by atoms with Crippen molar-refractivity contribution in [2.75, 3.05) is 4.72 Å². The van der Waals surface area contributed by atoms with Crippen LogP contribution < -0.4 is 4.72 Å². The second kappa shape index (κ2) is 6.05. The summed E-state index contributed by atoms with van der Waals surface area (Å²) in [7, 11) is -3.83. The highest BCUT2D eigenvalue weighted by molar-refractivity contribution is 9.10. The lowest BCUT2D eigenvalue weighted by molar-refractivity contribution is 0.0696. The maximum atomic E-state index is 12.2. The lowest BCUT2D eigenvalue weighted by Gasteiger charge is -2.09. The van der Waals surface area contributed by atoms with Crippen LogP contribution in [-0.2, 0) is 10.0 Å². The summed E-state index contributed by atoms with van der Waals surface area (Å²) in [5.41, 5.74) is 0.108. The summed E-state index contributed by atoms with van der Waals surface area (Å²) in [4.78, 5) is 11.0. The van der Waals surface area contributed by atoms with Gasteiger partial charge in [0.25, 0.3) is 10.0 Å². The molecule has 2 aromatic carbocycles. The Balaban J connectivity index is 2.37. The normalized spacial score (nSPS) is 11.1. The van der Waals surface area contributed by atoms with E-state index in [0.29, 0.717) is 9.50 Å².